The maximum Gasteiger partial charge on any atom is 0.472 e. The second-order valence-corrected chi connectivity index (χ2v) is 32.0. The Bertz CT molecular complexity index is 1870. The molecule has 0 saturated heterocycles. The molecular weight excluding hydrogens is 1250 g/mol. The lowest BCUT2D eigenvalue weighted by Crippen LogP contribution is -2.30. The van der Waals surface area contributed by atoms with Crippen LogP contribution in [0.4, 0.5) is 0 Å². The number of aliphatic hydroxyl groups is 1. The summed E-state index contributed by atoms with van der Waals surface area (Å²) in [6.45, 7) is 14.2. The summed E-state index contributed by atoms with van der Waals surface area (Å²) in [5.41, 5.74) is 0. The molecule has 0 fully saturated rings. The number of hydrogen-bond acceptors (Lipinski definition) is 15. The van der Waals surface area contributed by atoms with Crippen molar-refractivity contribution < 1.29 is 80.2 Å². The monoisotopic (exact) mass is 1400 g/mol. The number of phosphoric ester groups is 2. The predicted molar refractivity (Wildman–Crippen MR) is 386 cm³/mol. The molecule has 17 nitrogen and oxygen atoms in total. The lowest BCUT2D eigenvalue weighted by Gasteiger charge is -2.21. The van der Waals surface area contributed by atoms with Gasteiger partial charge in [0.25, 0.3) is 0 Å². The van der Waals surface area contributed by atoms with Crippen molar-refractivity contribution in [2.24, 2.45) is 23.7 Å². The molecule has 0 spiro atoms. The van der Waals surface area contributed by atoms with Gasteiger partial charge in [0.15, 0.2) is 12.2 Å². The largest absolute Gasteiger partial charge is 0.472 e. The minimum atomic E-state index is -4.96. The first-order valence-electron chi connectivity index (χ1n) is 39.2. The third-order valence-corrected chi connectivity index (χ3v) is 19.8. The predicted octanol–water partition coefficient (Wildman–Crippen LogP) is 22.0. The molecule has 3 unspecified atom stereocenters. The number of ether oxygens (including phenoxy) is 4. The van der Waals surface area contributed by atoms with Crippen molar-refractivity contribution in [3.05, 3.63) is 0 Å². The number of phosphoric acid groups is 2. The number of esters is 4. The fraction of sp³-hybridized carbons (Fsp3) is 0.947. The van der Waals surface area contributed by atoms with Gasteiger partial charge in [-0.1, -0.05) is 331 Å². The Hall–Kier alpha value is -1.94. The van der Waals surface area contributed by atoms with Crippen LogP contribution in [0.3, 0.4) is 0 Å². The fourth-order valence-electron chi connectivity index (χ4n) is 11.5. The first-order chi connectivity index (χ1) is 45.6. The van der Waals surface area contributed by atoms with Crippen molar-refractivity contribution in [3.8, 4) is 0 Å². The summed E-state index contributed by atoms with van der Waals surface area (Å²) in [6.07, 6.45) is 50.0. The molecule has 95 heavy (non-hydrogen) atoms. The highest BCUT2D eigenvalue weighted by atomic mass is 31.2. The molecule has 0 amide bonds. The lowest BCUT2D eigenvalue weighted by molar-refractivity contribution is -0.161. The number of carbonyl (C=O) groups is 4. The highest BCUT2D eigenvalue weighted by Gasteiger charge is 2.30. The summed E-state index contributed by atoms with van der Waals surface area (Å²) in [4.78, 5) is 72.8. The van der Waals surface area contributed by atoms with Gasteiger partial charge in [0.05, 0.1) is 26.4 Å². The third-order valence-electron chi connectivity index (χ3n) is 17.9. The van der Waals surface area contributed by atoms with E-state index in [1.165, 1.54) is 180 Å². The molecule has 0 aliphatic rings. The van der Waals surface area contributed by atoms with Gasteiger partial charge in [0.1, 0.15) is 19.3 Å². The van der Waals surface area contributed by atoms with Gasteiger partial charge in [-0.2, -0.15) is 0 Å². The second-order valence-electron chi connectivity index (χ2n) is 29.1. The summed E-state index contributed by atoms with van der Waals surface area (Å²) < 4.78 is 68.5. The molecule has 0 aromatic heterocycles. The van der Waals surface area contributed by atoms with E-state index in [0.717, 1.165) is 120 Å². The Morgan fingerprint density at radius 1 is 0.295 bits per heavy atom. The Kier molecular flexibility index (Phi) is 64.0. The Morgan fingerprint density at radius 3 is 0.747 bits per heavy atom. The maximum atomic E-state index is 13.1. The highest BCUT2D eigenvalue weighted by molar-refractivity contribution is 7.47. The van der Waals surface area contributed by atoms with Crippen molar-refractivity contribution in [2.75, 3.05) is 39.6 Å². The molecule has 0 aromatic rings. The molecule has 0 bridgehead atoms. The fourth-order valence-corrected chi connectivity index (χ4v) is 13.1. The van der Waals surface area contributed by atoms with Crippen molar-refractivity contribution >= 4 is 39.5 Å². The zero-order valence-electron chi connectivity index (χ0n) is 62.3. The molecule has 3 N–H and O–H groups in total. The Balaban J connectivity index is 5.24. The van der Waals surface area contributed by atoms with Gasteiger partial charge in [-0.15, -0.1) is 0 Å². The van der Waals surface area contributed by atoms with E-state index in [1.807, 2.05) is 0 Å². The van der Waals surface area contributed by atoms with Crippen molar-refractivity contribution in [2.45, 2.75) is 401 Å². The van der Waals surface area contributed by atoms with Gasteiger partial charge in [-0.05, 0) is 49.4 Å². The molecule has 564 valence electrons. The van der Waals surface area contributed by atoms with E-state index in [-0.39, 0.29) is 25.7 Å². The Morgan fingerprint density at radius 2 is 0.505 bits per heavy atom. The molecule has 0 aromatic carbocycles. The smallest absolute Gasteiger partial charge is 0.462 e. The summed E-state index contributed by atoms with van der Waals surface area (Å²) >= 11 is 0. The van der Waals surface area contributed by atoms with Crippen molar-refractivity contribution in [1.82, 2.24) is 0 Å². The summed E-state index contributed by atoms with van der Waals surface area (Å²) in [5, 5.41) is 10.6. The lowest BCUT2D eigenvalue weighted by atomic mass is 10.00. The summed E-state index contributed by atoms with van der Waals surface area (Å²) in [5.74, 6) is 0.928. The minimum Gasteiger partial charge on any atom is -0.462 e. The first kappa shape index (κ1) is 93.1. The number of rotatable bonds is 73. The van der Waals surface area contributed by atoms with Gasteiger partial charge >= 0.3 is 39.5 Å². The van der Waals surface area contributed by atoms with Crippen LogP contribution in [0.5, 0.6) is 0 Å². The van der Waals surface area contributed by atoms with Gasteiger partial charge in [0.2, 0.25) is 0 Å². The van der Waals surface area contributed by atoms with Crippen LogP contribution in [0.2, 0.25) is 0 Å². The first-order valence-corrected chi connectivity index (χ1v) is 42.2. The van der Waals surface area contributed by atoms with E-state index in [4.69, 9.17) is 37.0 Å². The second kappa shape index (κ2) is 65.4. The quantitative estimate of drug-likeness (QED) is 0.0222. The van der Waals surface area contributed by atoms with Gasteiger partial charge in [0, 0.05) is 25.7 Å². The van der Waals surface area contributed by atoms with E-state index in [0.29, 0.717) is 25.7 Å². The third kappa shape index (κ3) is 69.0. The number of unbranched alkanes of at least 4 members (excludes halogenated alkanes) is 38. The highest BCUT2D eigenvalue weighted by Crippen LogP contribution is 2.45. The van der Waals surface area contributed by atoms with Crippen LogP contribution >= 0.6 is 15.6 Å². The minimum absolute atomic E-state index is 0.104. The van der Waals surface area contributed by atoms with E-state index < -0.39 is 97.5 Å². The zero-order chi connectivity index (χ0) is 70.3. The summed E-state index contributed by atoms with van der Waals surface area (Å²) in [7, 11) is -9.91. The molecule has 6 atom stereocenters. The molecule has 0 aliphatic heterocycles. The average molecular weight is 1400 g/mol. The van der Waals surface area contributed by atoms with Gasteiger partial charge in [-0.25, -0.2) is 9.13 Å². The van der Waals surface area contributed by atoms with E-state index in [2.05, 4.69) is 55.4 Å². The average Bonchev–Trinajstić information content (AvgIpc) is 1.43. The summed E-state index contributed by atoms with van der Waals surface area (Å²) in [6, 6.07) is 0. The van der Waals surface area contributed by atoms with Crippen molar-refractivity contribution in [1.29, 1.82) is 0 Å². The van der Waals surface area contributed by atoms with Crippen LogP contribution in [-0.2, 0) is 65.4 Å². The van der Waals surface area contributed by atoms with Gasteiger partial charge in [-0.3, -0.25) is 37.3 Å². The van der Waals surface area contributed by atoms with Crippen LogP contribution in [0.15, 0.2) is 0 Å². The van der Waals surface area contributed by atoms with Crippen LogP contribution in [0, 0.1) is 23.7 Å². The molecule has 0 saturated carbocycles. The molecule has 0 aliphatic carbocycles. The molecule has 19 heteroatoms. The normalized spacial score (nSPS) is 14.4. The SMILES string of the molecule is CCC(C)CCCCCCCCC(=O)OC[C@H](COP(=O)(O)OC[C@H](O)COP(=O)(O)OC[C@@H](COC(=O)CCCCCCCCCCCCCCCCCC(C)C)OC(=O)CCCCCCCCCCCCCCC(C)C)OC(=O)CCCCCCCCCCCC(C)C. The van der Waals surface area contributed by atoms with Crippen LogP contribution in [0.1, 0.15) is 383 Å². The number of aliphatic hydroxyl groups excluding tert-OH is 1. The topological polar surface area (TPSA) is 237 Å². The molecule has 0 heterocycles. The van der Waals surface area contributed by atoms with Crippen LogP contribution in [0.25, 0.3) is 0 Å². The maximum absolute atomic E-state index is 13.1. The molecular formula is C76H148O17P2. The van der Waals surface area contributed by atoms with Gasteiger partial charge < -0.3 is 33.8 Å². The van der Waals surface area contributed by atoms with E-state index in [1.54, 1.807) is 0 Å². The molecule has 0 radical (unpaired) electrons. The Labute approximate surface area is 581 Å². The number of hydrogen-bond donors (Lipinski definition) is 3. The van der Waals surface area contributed by atoms with Crippen LogP contribution < -0.4 is 0 Å². The van der Waals surface area contributed by atoms with Crippen LogP contribution in [-0.4, -0.2) is 96.7 Å². The zero-order valence-corrected chi connectivity index (χ0v) is 64.1. The van der Waals surface area contributed by atoms with Crippen molar-refractivity contribution in [3.63, 3.8) is 0 Å². The van der Waals surface area contributed by atoms with E-state index in [9.17, 15) is 43.2 Å². The number of carbonyl (C=O) groups excluding carboxylic acids is 4. The molecule has 0 rings (SSSR count). The standard InChI is InChI=1S/C76H148O17P2/c1-9-69(8)55-47-39-34-35-41-49-57-74(79)87-63-72(93-76(81)59-51-43-33-27-21-24-30-38-46-54-68(6)7)65-91-95(84,85)89-61-70(77)60-88-94(82,83)90-64-71(92-75(80)58-50-42-32-26-20-16-15-18-23-29-37-45-53-67(4)5)62-86-73(78)56-48-40-31-25-19-14-12-10-11-13-17-22-28-36-44-52-66(2)3/h66-72,77H,9-65H2,1-8H3,(H,82,83)(H,84,85)/t69?,70-,71-,72-/m1/s1. The van der Waals surface area contributed by atoms with E-state index >= 15 is 0 Å².